The van der Waals surface area contributed by atoms with Crippen LogP contribution in [0.15, 0.2) is 90.1 Å². The number of aromatic hydroxyl groups is 1. The smallest absolute Gasteiger partial charge is 0.410 e. The second-order valence-corrected chi connectivity index (χ2v) is 14.2. The number of rotatable bonds is 17. The molecule has 0 bridgehead atoms. The Morgan fingerprint density at radius 1 is 1.02 bits per heavy atom. The van der Waals surface area contributed by atoms with Crippen molar-refractivity contribution in [2.24, 2.45) is 22.9 Å². The highest BCUT2D eigenvalue weighted by atomic mass is 16.7. The van der Waals surface area contributed by atoms with Crippen LogP contribution in [0.1, 0.15) is 75.8 Å². The van der Waals surface area contributed by atoms with Crippen molar-refractivity contribution in [3.8, 4) is 11.5 Å². The quantitative estimate of drug-likeness (QED) is 0.0729. The molecule has 0 aromatic heterocycles. The van der Waals surface area contributed by atoms with E-state index >= 15 is 0 Å². The summed E-state index contributed by atoms with van der Waals surface area (Å²) in [5.74, 6) is -1.22. The Morgan fingerprint density at radius 3 is 2.55 bits per heavy atom. The third-order valence-corrected chi connectivity index (χ3v) is 11.1. The number of unbranched alkanes of at least 4 members (excludes halogenated alkanes) is 2. The summed E-state index contributed by atoms with van der Waals surface area (Å²) in [4.78, 5) is 21.9. The van der Waals surface area contributed by atoms with Crippen molar-refractivity contribution in [1.29, 1.82) is 0 Å². The first-order chi connectivity index (χ1) is 25.9. The molecule has 0 unspecified atom stereocenters. The zero-order valence-corrected chi connectivity index (χ0v) is 31.0. The van der Waals surface area contributed by atoms with Gasteiger partial charge >= 0.3 is 6.09 Å². The molecule has 2 aliphatic carbocycles. The highest BCUT2D eigenvalue weighted by molar-refractivity contribution is 6.03. The SMILES string of the molecule is C=CCO[C@@]12Oc3ccc(O)cc3[C@H]3[C@H](CCCCO)[C@@H](CCCCO)C=C(C(=NOCC)C[C@@H]1N(Cc1cccc4ccccc14)C(=O)OCC)[C@H]32. The summed E-state index contributed by atoms with van der Waals surface area (Å²) in [6.45, 7) is 8.82. The van der Waals surface area contributed by atoms with Crippen molar-refractivity contribution in [1.82, 2.24) is 4.90 Å². The number of hydrogen-bond acceptors (Lipinski definition) is 9. The fourth-order valence-electron chi connectivity index (χ4n) is 8.92. The van der Waals surface area contributed by atoms with Gasteiger partial charge in [0.05, 0.1) is 31.4 Å². The fourth-order valence-corrected chi connectivity index (χ4v) is 8.92. The molecule has 1 amide bonds. The Hall–Kier alpha value is -4.38. The van der Waals surface area contributed by atoms with Gasteiger partial charge in [-0.1, -0.05) is 72.6 Å². The largest absolute Gasteiger partial charge is 0.508 e. The van der Waals surface area contributed by atoms with Crippen LogP contribution in [-0.4, -0.2) is 76.9 Å². The molecule has 53 heavy (non-hydrogen) atoms. The summed E-state index contributed by atoms with van der Waals surface area (Å²) >= 11 is 0. The van der Waals surface area contributed by atoms with Gasteiger partial charge in [0, 0.05) is 31.1 Å². The number of carbonyl (C=O) groups is 1. The number of allylic oxidation sites excluding steroid dienone is 1. The van der Waals surface area contributed by atoms with Gasteiger partial charge < -0.3 is 34.4 Å². The average molecular weight is 727 g/mol. The van der Waals surface area contributed by atoms with Crippen LogP contribution in [0.3, 0.4) is 0 Å². The number of aliphatic hydroxyl groups excluding tert-OH is 2. The lowest BCUT2D eigenvalue weighted by Crippen LogP contribution is -2.70. The van der Waals surface area contributed by atoms with E-state index in [1.54, 1.807) is 36.1 Å². The minimum Gasteiger partial charge on any atom is -0.508 e. The van der Waals surface area contributed by atoms with Gasteiger partial charge in [0.15, 0.2) is 0 Å². The summed E-state index contributed by atoms with van der Waals surface area (Å²) in [7, 11) is 0. The molecule has 6 rings (SSSR count). The van der Waals surface area contributed by atoms with Gasteiger partial charge in [-0.3, -0.25) is 4.90 Å². The third kappa shape index (κ3) is 7.81. The van der Waals surface area contributed by atoms with E-state index in [4.69, 9.17) is 24.2 Å². The number of ether oxygens (including phenoxy) is 3. The lowest BCUT2D eigenvalue weighted by Gasteiger charge is -2.59. The minimum atomic E-state index is -1.41. The predicted molar refractivity (Wildman–Crippen MR) is 205 cm³/mol. The normalized spacial score (nSPS) is 25.2. The first-order valence-corrected chi connectivity index (χ1v) is 19.2. The number of amides is 1. The number of nitrogens with zero attached hydrogens (tertiary/aromatic N) is 2. The molecule has 1 saturated carbocycles. The predicted octanol–water partition coefficient (Wildman–Crippen LogP) is 7.86. The number of aliphatic hydroxyl groups is 2. The van der Waals surface area contributed by atoms with Crippen molar-refractivity contribution >= 4 is 22.6 Å². The zero-order chi connectivity index (χ0) is 37.4. The lowest BCUT2D eigenvalue weighted by atomic mass is 9.55. The van der Waals surface area contributed by atoms with Crippen LogP contribution in [0.4, 0.5) is 4.79 Å². The molecule has 1 aliphatic heterocycles. The van der Waals surface area contributed by atoms with Crippen molar-refractivity contribution in [2.45, 2.75) is 83.1 Å². The van der Waals surface area contributed by atoms with Gasteiger partial charge in [0.2, 0.25) is 5.79 Å². The lowest BCUT2D eigenvalue weighted by molar-refractivity contribution is -0.256. The molecule has 3 aliphatic rings. The summed E-state index contributed by atoms with van der Waals surface area (Å²) in [5.41, 5.74) is 3.48. The van der Waals surface area contributed by atoms with Gasteiger partial charge in [0.25, 0.3) is 0 Å². The molecule has 6 atom stereocenters. The summed E-state index contributed by atoms with van der Waals surface area (Å²) in [6.07, 6.45) is 8.41. The molecule has 10 nitrogen and oxygen atoms in total. The Kier molecular flexibility index (Phi) is 12.8. The second-order valence-electron chi connectivity index (χ2n) is 14.2. The number of phenolic OH excluding ortho intramolecular Hbond substituents is 1. The average Bonchev–Trinajstić information content (AvgIpc) is 3.17. The number of hydrogen-bond donors (Lipinski definition) is 3. The highest BCUT2D eigenvalue weighted by Gasteiger charge is 2.65. The molecular weight excluding hydrogens is 672 g/mol. The molecule has 1 fully saturated rings. The number of oxime groups is 1. The van der Waals surface area contributed by atoms with E-state index in [1.165, 1.54) is 0 Å². The standard InChI is InChI=1S/C43H54N2O8/c1-4-24-51-43-39(45(42(49)50-5-2)28-31-17-13-16-29-14-7-8-18-33(29)31)27-37(44-52-6-3)35-25-30(15-9-11-22-46)34(19-10-12-23-47)40(41(35)43)36-26-32(48)20-21-38(36)53-43/h4,7-8,13-14,16-18,20-21,25-26,30,34,39-41,46-48H,1,5-6,9-12,15,19,22-24,27-28H2,2-3H3/t30-,34+,39-,40+,41+,43+/m0/s1. The van der Waals surface area contributed by atoms with Crippen molar-refractivity contribution < 1.29 is 39.2 Å². The summed E-state index contributed by atoms with van der Waals surface area (Å²) < 4.78 is 20.0. The van der Waals surface area contributed by atoms with Crippen LogP contribution in [-0.2, 0) is 20.9 Å². The van der Waals surface area contributed by atoms with Crippen LogP contribution in [0, 0.1) is 17.8 Å². The maximum Gasteiger partial charge on any atom is 0.410 e. The maximum absolute atomic E-state index is 14.4. The van der Waals surface area contributed by atoms with Gasteiger partial charge in [-0.15, -0.1) is 6.58 Å². The van der Waals surface area contributed by atoms with Crippen molar-refractivity contribution in [3.05, 3.63) is 96.1 Å². The molecule has 3 aromatic rings. The van der Waals surface area contributed by atoms with Crippen LogP contribution >= 0.6 is 0 Å². The molecule has 0 saturated heterocycles. The van der Waals surface area contributed by atoms with E-state index in [9.17, 15) is 20.1 Å². The van der Waals surface area contributed by atoms with Gasteiger partial charge in [-0.25, -0.2) is 4.79 Å². The molecule has 0 spiro atoms. The number of fused-ring (bicyclic) bond motifs is 3. The molecule has 10 heteroatoms. The van der Waals surface area contributed by atoms with Crippen molar-refractivity contribution in [2.75, 3.05) is 33.0 Å². The Bertz CT molecular complexity index is 1790. The van der Waals surface area contributed by atoms with Crippen molar-refractivity contribution in [3.63, 3.8) is 0 Å². The maximum atomic E-state index is 14.4. The highest BCUT2D eigenvalue weighted by Crippen LogP contribution is 2.62. The van der Waals surface area contributed by atoms with E-state index in [0.29, 0.717) is 30.9 Å². The third-order valence-electron chi connectivity index (χ3n) is 11.1. The molecular formula is C43H54N2O8. The molecule has 284 valence electrons. The van der Waals surface area contributed by atoms with Crippen LogP contribution < -0.4 is 4.74 Å². The van der Waals surface area contributed by atoms with E-state index in [0.717, 1.165) is 53.2 Å². The fraction of sp³-hybridized carbons (Fsp3) is 0.488. The molecule has 0 radical (unpaired) electrons. The van der Waals surface area contributed by atoms with Crippen LogP contribution in [0.5, 0.6) is 11.5 Å². The van der Waals surface area contributed by atoms with E-state index in [2.05, 4.69) is 30.9 Å². The van der Waals surface area contributed by atoms with E-state index in [-0.39, 0.29) is 62.9 Å². The molecule has 3 aromatic carbocycles. The van der Waals surface area contributed by atoms with Crippen LogP contribution in [0.2, 0.25) is 0 Å². The van der Waals surface area contributed by atoms with Gasteiger partial charge in [-0.2, -0.15) is 0 Å². The van der Waals surface area contributed by atoms with Crippen LogP contribution in [0.25, 0.3) is 10.8 Å². The Balaban J connectivity index is 1.60. The van der Waals surface area contributed by atoms with Gasteiger partial charge in [-0.05, 0) is 91.5 Å². The Labute approximate surface area is 312 Å². The Morgan fingerprint density at radius 2 is 1.79 bits per heavy atom. The topological polar surface area (TPSA) is 130 Å². The summed E-state index contributed by atoms with van der Waals surface area (Å²) in [6, 6.07) is 18.7. The number of carbonyl (C=O) groups excluding carboxylic acids is 1. The first kappa shape index (κ1) is 38.3. The van der Waals surface area contributed by atoms with E-state index in [1.807, 2.05) is 31.2 Å². The second kappa shape index (κ2) is 17.6. The summed E-state index contributed by atoms with van der Waals surface area (Å²) in [5, 5.41) is 37.3. The van der Waals surface area contributed by atoms with E-state index < -0.39 is 23.8 Å². The minimum absolute atomic E-state index is 0.0614. The number of benzene rings is 3. The number of phenols is 1. The zero-order valence-electron chi connectivity index (χ0n) is 31.0. The van der Waals surface area contributed by atoms with Gasteiger partial charge in [0.1, 0.15) is 24.1 Å². The first-order valence-electron chi connectivity index (χ1n) is 19.2. The monoisotopic (exact) mass is 726 g/mol. The molecule has 3 N–H and O–H groups in total. The molecule has 1 heterocycles.